The molecule has 0 aliphatic carbocycles. The summed E-state index contributed by atoms with van der Waals surface area (Å²) in [7, 11) is 0.0760. The highest BCUT2D eigenvalue weighted by molar-refractivity contribution is 7.89. The second-order valence-electron chi connectivity index (χ2n) is 7.74. The van der Waals surface area contributed by atoms with Crippen LogP contribution in [0.15, 0.2) is 23.1 Å². The van der Waals surface area contributed by atoms with Crippen molar-refractivity contribution in [3.8, 4) is 0 Å². The molecule has 1 saturated heterocycles. The average Bonchev–Trinajstić information content (AvgIpc) is 3.14. The largest absolute Gasteiger partial charge is 0.373 e. The molecule has 4 rings (SSSR count). The molecule has 0 unspecified atom stereocenters. The zero-order valence-electron chi connectivity index (χ0n) is 16.9. The Morgan fingerprint density at radius 2 is 2.03 bits per heavy atom. The molecule has 2 aliphatic heterocycles. The van der Waals surface area contributed by atoms with Crippen molar-refractivity contribution >= 4 is 15.8 Å². The minimum absolute atomic E-state index is 0.0253. The number of hydrogen-bond acceptors (Lipinski definition) is 6. The molecule has 9 heteroatoms. The predicted octanol–water partition coefficient (Wildman–Crippen LogP) is 2.48. The van der Waals surface area contributed by atoms with E-state index in [4.69, 9.17) is 9.97 Å². The first-order chi connectivity index (χ1) is 13.8. The van der Waals surface area contributed by atoms with Crippen molar-refractivity contribution in [3.05, 3.63) is 46.7 Å². The van der Waals surface area contributed by atoms with Gasteiger partial charge in [0.1, 0.15) is 17.5 Å². The van der Waals surface area contributed by atoms with Gasteiger partial charge in [-0.25, -0.2) is 22.8 Å². The molecule has 7 nitrogen and oxygen atoms in total. The number of benzene rings is 1. The first-order valence-electron chi connectivity index (χ1n) is 9.85. The molecule has 0 saturated carbocycles. The second kappa shape index (κ2) is 7.62. The summed E-state index contributed by atoms with van der Waals surface area (Å²) in [6, 6.07) is 4.19. The maximum Gasteiger partial charge on any atom is 0.243 e. The fourth-order valence-electron chi connectivity index (χ4n) is 4.11. The van der Waals surface area contributed by atoms with Gasteiger partial charge in [0.2, 0.25) is 10.0 Å². The van der Waals surface area contributed by atoms with Gasteiger partial charge in [0.05, 0.1) is 23.2 Å². The van der Waals surface area contributed by atoms with Crippen molar-refractivity contribution in [2.45, 2.75) is 43.7 Å². The Hall–Kier alpha value is -2.10. The number of rotatable bonds is 4. The van der Waals surface area contributed by atoms with Crippen molar-refractivity contribution in [1.29, 1.82) is 0 Å². The molecule has 29 heavy (non-hydrogen) atoms. The summed E-state index contributed by atoms with van der Waals surface area (Å²) in [5.41, 5.74) is 2.10. The summed E-state index contributed by atoms with van der Waals surface area (Å²) in [6.07, 6.45) is 2.60. The number of nitrogens with zero attached hydrogens (tertiary/aromatic N) is 4. The molecule has 0 spiro atoms. The van der Waals surface area contributed by atoms with Crippen LogP contribution in [0.4, 0.5) is 10.2 Å². The number of aryl methyl sites for hydroxylation is 1. The summed E-state index contributed by atoms with van der Waals surface area (Å²) >= 11 is 0. The van der Waals surface area contributed by atoms with Crippen LogP contribution in [0, 0.1) is 12.7 Å². The number of hydrogen-bond donors (Lipinski definition) is 1. The van der Waals surface area contributed by atoms with Crippen molar-refractivity contribution in [1.82, 2.24) is 19.2 Å². The van der Waals surface area contributed by atoms with Gasteiger partial charge in [-0.2, -0.15) is 4.31 Å². The Labute approximate surface area is 171 Å². The maximum absolute atomic E-state index is 14.0. The molecule has 0 bridgehead atoms. The number of likely N-dealkylation sites (tertiary alicyclic amines) is 1. The molecule has 1 fully saturated rings. The van der Waals surface area contributed by atoms with E-state index in [1.165, 1.54) is 16.4 Å². The molecule has 1 N–H and O–H groups in total. The molecule has 3 heterocycles. The number of fused-ring (bicyclic) bond motifs is 1. The molecule has 1 aromatic carbocycles. The van der Waals surface area contributed by atoms with Gasteiger partial charge >= 0.3 is 0 Å². The highest BCUT2D eigenvalue weighted by Crippen LogP contribution is 2.33. The number of halogens is 1. The van der Waals surface area contributed by atoms with Crippen LogP contribution in [-0.2, 0) is 23.0 Å². The number of nitrogens with one attached hydrogen (secondary N) is 1. The second-order valence-corrected chi connectivity index (χ2v) is 9.68. The van der Waals surface area contributed by atoms with Gasteiger partial charge in [0.15, 0.2) is 0 Å². The highest BCUT2D eigenvalue weighted by Gasteiger charge is 2.33. The molecule has 156 valence electrons. The minimum Gasteiger partial charge on any atom is -0.373 e. The van der Waals surface area contributed by atoms with Gasteiger partial charge < -0.3 is 5.32 Å². The lowest BCUT2D eigenvalue weighted by Crippen LogP contribution is -2.37. The summed E-state index contributed by atoms with van der Waals surface area (Å²) in [5.74, 6) is 0.979. The van der Waals surface area contributed by atoms with Crippen LogP contribution in [0.2, 0.25) is 0 Å². The van der Waals surface area contributed by atoms with Crippen LogP contribution in [0.1, 0.15) is 41.5 Å². The quantitative estimate of drug-likeness (QED) is 0.820. The Kier molecular flexibility index (Phi) is 5.30. The van der Waals surface area contributed by atoms with Crippen molar-refractivity contribution in [3.63, 3.8) is 0 Å². The Morgan fingerprint density at radius 3 is 2.69 bits per heavy atom. The van der Waals surface area contributed by atoms with E-state index in [9.17, 15) is 12.8 Å². The number of aromatic nitrogens is 2. The van der Waals surface area contributed by atoms with Gasteiger partial charge in [0, 0.05) is 19.2 Å². The molecular formula is C20H26FN5O2S. The molecule has 1 aromatic heterocycles. The van der Waals surface area contributed by atoms with Crippen LogP contribution in [0.5, 0.6) is 0 Å². The molecule has 0 amide bonds. The third-order valence-electron chi connectivity index (χ3n) is 5.88. The molecule has 2 aromatic rings. The Morgan fingerprint density at radius 1 is 1.24 bits per heavy atom. The average molecular weight is 420 g/mol. The van der Waals surface area contributed by atoms with Crippen molar-refractivity contribution in [2.75, 3.05) is 32.5 Å². The van der Waals surface area contributed by atoms with Crippen LogP contribution >= 0.6 is 0 Å². The van der Waals surface area contributed by atoms with E-state index in [1.807, 2.05) is 7.05 Å². The molecule has 2 aliphatic rings. The fourth-order valence-corrected chi connectivity index (χ4v) is 5.52. The van der Waals surface area contributed by atoms with E-state index in [0.717, 1.165) is 48.4 Å². The van der Waals surface area contributed by atoms with Crippen molar-refractivity contribution in [2.24, 2.45) is 0 Å². The summed E-state index contributed by atoms with van der Waals surface area (Å²) < 4.78 is 41.5. The topological polar surface area (TPSA) is 78.4 Å². The SMILES string of the molecule is CNc1nc([C@H]2CCCN2C)nc2c1CCN(S(=O)(=O)c1ccc(C)c(F)c1)C2. The van der Waals surface area contributed by atoms with Gasteiger partial charge in [-0.15, -0.1) is 0 Å². The smallest absolute Gasteiger partial charge is 0.243 e. The Bertz CT molecular complexity index is 1040. The van der Waals surface area contributed by atoms with Gasteiger partial charge in [0.25, 0.3) is 0 Å². The normalized spacial score (nSPS) is 20.6. The predicted molar refractivity (Wildman–Crippen MR) is 109 cm³/mol. The molecule has 1 atom stereocenters. The van der Waals surface area contributed by atoms with Crippen LogP contribution in [-0.4, -0.2) is 54.8 Å². The van der Waals surface area contributed by atoms with Gasteiger partial charge in [-0.3, -0.25) is 4.90 Å². The van der Waals surface area contributed by atoms with E-state index in [2.05, 4.69) is 17.3 Å². The molecular weight excluding hydrogens is 393 g/mol. The number of sulfonamides is 1. The lowest BCUT2D eigenvalue weighted by atomic mass is 10.1. The molecule has 0 radical (unpaired) electrons. The van der Waals surface area contributed by atoms with Crippen LogP contribution in [0.3, 0.4) is 0 Å². The summed E-state index contributed by atoms with van der Waals surface area (Å²) in [6.45, 7) is 3.08. The highest BCUT2D eigenvalue weighted by atomic mass is 32.2. The lowest BCUT2D eigenvalue weighted by molar-refractivity contribution is 0.303. The van der Waals surface area contributed by atoms with Gasteiger partial charge in [-0.1, -0.05) is 6.07 Å². The van der Waals surface area contributed by atoms with Gasteiger partial charge in [-0.05, 0) is 57.5 Å². The maximum atomic E-state index is 14.0. The Balaban J connectivity index is 1.69. The van der Waals surface area contributed by atoms with E-state index in [0.29, 0.717) is 18.5 Å². The fraction of sp³-hybridized carbons (Fsp3) is 0.500. The monoisotopic (exact) mass is 419 g/mol. The standard InChI is InChI=1S/C20H26FN5O2S/c1-13-6-7-14(11-16(13)21)29(27,28)26-10-8-15-17(12-26)23-20(24-19(15)22-2)18-5-4-9-25(18)3/h6-7,11,18H,4-5,8-10,12H2,1-3H3,(H,22,23,24)/t18-/m1/s1. The number of anilines is 1. The third kappa shape index (κ3) is 3.62. The summed E-state index contributed by atoms with van der Waals surface area (Å²) in [5, 5.41) is 3.15. The van der Waals surface area contributed by atoms with Crippen molar-refractivity contribution < 1.29 is 12.8 Å². The first kappa shape index (κ1) is 20.2. The zero-order valence-corrected chi connectivity index (χ0v) is 17.8. The van der Waals surface area contributed by atoms with E-state index in [1.54, 1.807) is 6.92 Å². The van der Waals surface area contributed by atoms with E-state index >= 15 is 0 Å². The zero-order chi connectivity index (χ0) is 20.8. The first-order valence-corrected chi connectivity index (χ1v) is 11.3. The third-order valence-corrected chi connectivity index (χ3v) is 7.72. The minimum atomic E-state index is -3.80. The van der Waals surface area contributed by atoms with E-state index < -0.39 is 15.8 Å². The summed E-state index contributed by atoms with van der Waals surface area (Å²) in [4.78, 5) is 11.7. The van der Waals surface area contributed by atoms with Crippen LogP contribution < -0.4 is 5.32 Å². The van der Waals surface area contributed by atoms with E-state index in [-0.39, 0.29) is 17.5 Å². The lowest BCUT2D eigenvalue weighted by Gasteiger charge is -2.29. The van der Waals surface area contributed by atoms with Crippen LogP contribution in [0.25, 0.3) is 0 Å².